The number of carbonyl (C=O) groups excluding carboxylic acids is 1. The second-order valence-electron chi connectivity index (χ2n) is 4.78. The molecule has 1 heterocycles. The lowest BCUT2D eigenvalue weighted by Gasteiger charge is -2.15. The van der Waals surface area contributed by atoms with E-state index < -0.39 is 0 Å². The van der Waals surface area contributed by atoms with Gasteiger partial charge in [0, 0.05) is 19.5 Å². The normalized spacial score (nSPS) is 14.5. The fraction of sp³-hybridized carbons (Fsp3) is 0.533. The van der Waals surface area contributed by atoms with E-state index in [-0.39, 0.29) is 5.91 Å². The summed E-state index contributed by atoms with van der Waals surface area (Å²) in [6.45, 7) is 1.84. The Morgan fingerprint density at radius 1 is 1.16 bits per heavy atom. The predicted octanol–water partition coefficient (Wildman–Crippen LogP) is 2.26. The molecule has 0 N–H and O–H groups in total. The van der Waals surface area contributed by atoms with Crippen LogP contribution in [0.5, 0.6) is 11.5 Å². The molecule has 0 saturated carbocycles. The van der Waals surface area contributed by atoms with Crippen LogP contribution in [-0.4, -0.2) is 38.1 Å². The molecule has 0 bridgehead atoms. The lowest BCUT2D eigenvalue weighted by atomic mass is 10.1. The molecule has 104 valence electrons. The van der Waals surface area contributed by atoms with E-state index in [2.05, 4.69) is 0 Å². The Balaban J connectivity index is 1.93. The van der Waals surface area contributed by atoms with Crippen LogP contribution in [0.25, 0.3) is 0 Å². The Bertz CT molecular complexity index is 439. The molecule has 1 fully saturated rings. The highest BCUT2D eigenvalue weighted by Gasteiger charge is 2.17. The molecule has 0 aromatic heterocycles. The van der Waals surface area contributed by atoms with Crippen molar-refractivity contribution in [2.24, 2.45) is 0 Å². The SMILES string of the molecule is COc1ccc(CCC(=O)N2CCCC2)cc1OC. The number of ether oxygens (including phenoxy) is 2. The third-order valence-electron chi connectivity index (χ3n) is 3.53. The van der Waals surface area contributed by atoms with Gasteiger partial charge in [-0.25, -0.2) is 0 Å². The third-order valence-corrected chi connectivity index (χ3v) is 3.53. The second kappa shape index (κ2) is 6.45. The minimum absolute atomic E-state index is 0.257. The largest absolute Gasteiger partial charge is 0.493 e. The molecule has 4 nitrogen and oxygen atoms in total. The van der Waals surface area contributed by atoms with Gasteiger partial charge in [-0.3, -0.25) is 4.79 Å². The number of hydrogen-bond acceptors (Lipinski definition) is 3. The van der Waals surface area contributed by atoms with Crippen molar-refractivity contribution in [1.82, 2.24) is 4.90 Å². The molecule has 1 aromatic carbocycles. The van der Waals surface area contributed by atoms with Gasteiger partial charge in [-0.1, -0.05) is 6.07 Å². The fourth-order valence-electron chi connectivity index (χ4n) is 2.41. The predicted molar refractivity (Wildman–Crippen MR) is 73.7 cm³/mol. The minimum Gasteiger partial charge on any atom is -0.493 e. The maximum atomic E-state index is 12.0. The van der Waals surface area contributed by atoms with Gasteiger partial charge in [0.1, 0.15) is 0 Å². The summed E-state index contributed by atoms with van der Waals surface area (Å²) < 4.78 is 10.5. The van der Waals surface area contributed by atoms with Gasteiger partial charge >= 0.3 is 0 Å². The van der Waals surface area contributed by atoms with Gasteiger partial charge in [0.2, 0.25) is 5.91 Å². The second-order valence-corrected chi connectivity index (χ2v) is 4.78. The summed E-state index contributed by atoms with van der Waals surface area (Å²) in [5.74, 6) is 1.69. The molecular formula is C15H21NO3. The molecule has 19 heavy (non-hydrogen) atoms. The standard InChI is InChI=1S/C15H21NO3/c1-18-13-7-5-12(11-14(13)19-2)6-8-15(17)16-9-3-4-10-16/h5,7,11H,3-4,6,8-10H2,1-2H3. The number of amides is 1. The van der Waals surface area contributed by atoms with Crippen LogP contribution < -0.4 is 9.47 Å². The molecular weight excluding hydrogens is 242 g/mol. The number of benzene rings is 1. The van der Waals surface area contributed by atoms with Crippen LogP contribution >= 0.6 is 0 Å². The number of rotatable bonds is 5. The summed E-state index contributed by atoms with van der Waals surface area (Å²) in [6, 6.07) is 5.81. The summed E-state index contributed by atoms with van der Waals surface area (Å²) in [5.41, 5.74) is 1.10. The highest BCUT2D eigenvalue weighted by Crippen LogP contribution is 2.28. The maximum absolute atomic E-state index is 12.0. The van der Waals surface area contributed by atoms with E-state index in [9.17, 15) is 4.79 Å². The lowest BCUT2D eigenvalue weighted by molar-refractivity contribution is -0.130. The zero-order chi connectivity index (χ0) is 13.7. The van der Waals surface area contributed by atoms with E-state index in [0.717, 1.165) is 43.7 Å². The first kappa shape index (κ1) is 13.7. The molecule has 0 radical (unpaired) electrons. The summed E-state index contributed by atoms with van der Waals surface area (Å²) >= 11 is 0. The first-order valence-electron chi connectivity index (χ1n) is 6.73. The van der Waals surface area contributed by atoms with Gasteiger partial charge in [0.05, 0.1) is 14.2 Å². The van der Waals surface area contributed by atoms with Crippen molar-refractivity contribution in [2.45, 2.75) is 25.7 Å². The maximum Gasteiger partial charge on any atom is 0.222 e. The highest BCUT2D eigenvalue weighted by molar-refractivity contribution is 5.76. The van der Waals surface area contributed by atoms with Gasteiger partial charge in [-0.2, -0.15) is 0 Å². The number of carbonyl (C=O) groups is 1. The van der Waals surface area contributed by atoms with Gasteiger partial charge < -0.3 is 14.4 Å². The Morgan fingerprint density at radius 2 is 1.84 bits per heavy atom. The van der Waals surface area contributed by atoms with Crippen LogP contribution in [0.15, 0.2) is 18.2 Å². The van der Waals surface area contributed by atoms with Gasteiger partial charge in [-0.05, 0) is 37.0 Å². The summed E-state index contributed by atoms with van der Waals surface area (Å²) in [6.07, 6.45) is 3.59. The Morgan fingerprint density at radius 3 is 2.47 bits per heavy atom. The van der Waals surface area contributed by atoms with Gasteiger partial charge in [-0.15, -0.1) is 0 Å². The van der Waals surface area contributed by atoms with Crippen LogP contribution in [0, 0.1) is 0 Å². The monoisotopic (exact) mass is 263 g/mol. The lowest BCUT2D eigenvalue weighted by Crippen LogP contribution is -2.27. The highest BCUT2D eigenvalue weighted by atomic mass is 16.5. The number of methoxy groups -OCH3 is 2. The van der Waals surface area contributed by atoms with E-state index in [1.165, 1.54) is 0 Å². The van der Waals surface area contributed by atoms with Crippen molar-refractivity contribution < 1.29 is 14.3 Å². The number of nitrogens with zero attached hydrogens (tertiary/aromatic N) is 1. The van der Waals surface area contributed by atoms with Crippen molar-refractivity contribution in [1.29, 1.82) is 0 Å². The van der Waals surface area contributed by atoms with E-state index in [1.807, 2.05) is 23.1 Å². The minimum atomic E-state index is 0.257. The third kappa shape index (κ3) is 3.40. The van der Waals surface area contributed by atoms with E-state index in [4.69, 9.17) is 9.47 Å². The van der Waals surface area contributed by atoms with Gasteiger partial charge in [0.25, 0.3) is 0 Å². The smallest absolute Gasteiger partial charge is 0.222 e. The van der Waals surface area contributed by atoms with Gasteiger partial charge in [0.15, 0.2) is 11.5 Å². The average Bonchev–Trinajstić information content (AvgIpc) is 2.98. The fourth-order valence-corrected chi connectivity index (χ4v) is 2.41. The molecule has 0 unspecified atom stereocenters. The number of aryl methyl sites for hydroxylation is 1. The van der Waals surface area contributed by atoms with E-state index in [1.54, 1.807) is 14.2 Å². The molecule has 2 rings (SSSR count). The van der Waals surface area contributed by atoms with E-state index >= 15 is 0 Å². The summed E-state index contributed by atoms with van der Waals surface area (Å²) in [4.78, 5) is 13.9. The summed E-state index contributed by atoms with van der Waals surface area (Å²) in [5, 5.41) is 0. The van der Waals surface area contributed by atoms with E-state index in [0.29, 0.717) is 12.2 Å². The Kier molecular flexibility index (Phi) is 4.66. The molecule has 1 amide bonds. The Labute approximate surface area is 114 Å². The molecule has 1 saturated heterocycles. The average molecular weight is 263 g/mol. The molecule has 1 aliphatic heterocycles. The molecule has 1 aromatic rings. The van der Waals surface area contributed by atoms with Crippen molar-refractivity contribution >= 4 is 5.91 Å². The van der Waals surface area contributed by atoms with Crippen molar-refractivity contribution in [3.8, 4) is 11.5 Å². The zero-order valence-corrected chi connectivity index (χ0v) is 11.6. The molecule has 0 spiro atoms. The molecule has 4 heteroatoms. The van der Waals surface area contributed by atoms with Crippen LogP contribution in [-0.2, 0) is 11.2 Å². The molecule has 0 aliphatic carbocycles. The Hall–Kier alpha value is -1.71. The first-order valence-corrected chi connectivity index (χ1v) is 6.73. The molecule has 1 aliphatic rings. The topological polar surface area (TPSA) is 38.8 Å². The number of hydrogen-bond donors (Lipinski definition) is 0. The number of likely N-dealkylation sites (tertiary alicyclic amines) is 1. The quantitative estimate of drug-likeness (QED) is 0.818. The van der Waals surface area contributed by atoms with Crippen molar-refractivity contribution in [3.63, 3.8) is 0 Å². The van der Waals surface area contributed by atoms with Crippen molar-refractivity contribution in [3.05, 3.63) is 23.8 Å². The molecule has 0 atom stereocenters. The first-order chi connectivity index (χ1) is 9.24. The summed E-state index contributed by atoms with van der Waals surface area (Å²) in [7, 11) is 3.24. The van der Waals surface area contributed by atoms with Crippen LogP contribution in [0.3, 0.4) is 0 Å². The van der Waals surface area contributed by atoms with Crippen LogP contribution in [0.2, 0.25) is 0 Å². The van der Waals surface area contributed by atoms with Crippen molar-refractivity contribution in [2.75, 3.05) is 27.3 Å². The zero-order valence-electron chi connectivity index (χ0n) is 11.6. The van der Waals surface area contributed by atoms with Crippen LogP contribution in [0.1, 0.15) is 24.8 Å². The van der Waals surface area contributed by atoms with Crippen LogP contribution in [0.4, 0.5) is 0 Å².